The van der Waals surface area contributed by atoms with Crippen molar-refractivity contribution >= 4 is 5.97 Å². The Morgan fingerprint density at radius 2 is 2.17 bits per heavy atom. The highest BCUT2D eigenvalue weighted by molar-refractivity contribution is 5.83. The third kappa shape index (κ3) is 4.17. The van der Waals surface area contributed by atoms with Gasteiger partial charge in [-0.1, -0.05) is 12.0 Å². The number of halogens is 1. The standard InChI is InChI=1S/C19H31FN2O2/c1-14-11-16(22-10-7-15(20)13-22)6-8-19(2,24-18(23)12-14)17-5-3-4-9-21-17/h12,15-17,21H,3-11,13H2,1-2H3/b14-12+. The first-order chi connectivity index (χ1) is 11.5. The number of hydrogen-bond acceptors (Lipinski definition) is 4. The Balaban J connectivity index is 1.77. The van der Waals surface area contributed by atoms with Crippen molar-refractivity contribution in [3.63, 3.8) is 0 Å². The zero-order valence-corrected chi connectivity index (χ0v) is 15.0. The fourth-order valence-electron chi connectivity index (χ4n) is 4.50. The molecule has 4 atom stereocenters. The molecule has 2 fully saturated rings. The topological polar surface area (TPSA) is 41.6 Å². The molecule has 4 unspecified atom stereocenters. The van der Waals surface area contributed by atoms with E-state index in [1.54, 1.807) is 6.08 Å². The summed E-state index contributed by atoms with van der Waals surface area (Å²) in [6.07, 6.45) is 7.59. The second-order valence-electron chi connectivity index (χ2n) is 8.00. The van der Waals surface area contributed by atoms with Crippen LogP contribution in [0.4, 0.5) is 4.39 Å². The van der Waals surface area contributed by atoms with Crippen LogP contribution in [0.2, 0.25) is 0 Å². The van der Waals surface area contributed by atoms with Gasteiger partial charge < -0.3 is 10.1 Å². The van der Waals surface area contributed by atoms with Crippen LogP contribution in [0.15, 0.2) is 11.6 Å². The van der Waals surface area contributed by atoms with Crippen LogP contribution in [0, 0.1) is 0 Å². The highest BCUT2D eigenvalue weighted by Crippen LogP contribution is 2.33. The molecule has 3 heterocycles. The lowest BCUT2D eigenvalue weighted by molar-refractivity contribution is -0.157. The number of ether oxygens (including phenoxy) is 1. The quantitative estimate of drug-likeness (QED) is 0.786. The summed E-state index contributed by atoms with van der Waals surface area (Å²) in [7, 11) is 0. The zero-order valence-electron chi connectivity index (χ0n) is 15.0. The van der Waals surface area contributed by atoms with Crippen molar-refractivity contribution in [1.82, 2.24) is 10.2 Å². The normalized spacial score (nSPS) is 41.7. The monoisotopic (exact) mass is 338 g/mol. The lowest BCUT2D eigenvalue weighted by Gasteiger charge is -2.40. The van der Waals surface area contributed by atoms with Crippen LogP contribution in [-0.2, 0) is 9.53 Å². The highest BCUT2D eigenvalue weighted by Gasteiger charge is 2.40. The number of esters is 1. The highest BCUT2D eigenvalue weighted by atomic mass is 19.1. The van der Waals surface area contributed by atoms with Crippen molar-refractivity contribution in [2.24, 2.45) is 0 Å². The molecule has 0 bridgehead atoms. The molecule has 136 valence electrons. The van der Waals surface area contributed by atoms with Crippen LogP contribution >= 0.6 is 0 Å². The average molecular weight is 338 g/mol. The minimum atomic E-state index is -0.703. The molecule has 5 heteroatoms. The van der Waals surface area contributed by atoms with Gasteiger partial charge in [-0.05, 0) is 58.9 Å². The first kappa shape index (κ1) is 17.9. The Morgan fingerprint density at radius 3 is 2.83 bits per heavy atom. The molecule has 0 saturated carbocycles. The number of rotatable bonds is 2. The van der Waals surface area contributed by atoms with Crippen LogP contribution in [-0.4, -0.2) is 54.4 Å². The van der Waals surface area contributed by atoms with Gasteiger partial charge in [0.25, 0.3) is 0 Å². The number of cyclic esters (lactones) is 1. The van der Waals surface area contributed by atoms with E-state index in [0.29, 0.717) is 19.0 Å². The zero-order chi connectivity index (χ0) is 17.2. The Morgan fingerprint density at radius 1 is 1.33 bits per heavy atom. The molecule has 0 spiro atoms. The molecular formula is C19H31FN2O2. The summed E-state index contributed by atoms with van der Waals surface area (Å²) in [5, 5.41) is 3.55. The fourth-order valence-corrected chi connectivity index (χ4v) is 4.50. The summed E-state index contributed by atoms with van der Waals surface area (Å²) < 4.78 is 19.6. The van der Waals surface area contributed by atoms with Gasteiger partial charge >= 0.3 is 5.97 Å². The maximum absolute atomic E-state index is 13.6. The summed E-state index contributed by atoms with van der Waals surface area (Å²) in [5.41, 5.74) is 0.555. The lowest BCUT2D eigenvalue weighted by atomic mass is 9.84. The van der Waals surface area contributed by atoms with E-state index in [1.807, 2.05) is 6.92 Å². The fraction of sp³-hybridized carbons (Fsp3) is 0.842. The number of carbonyl (C=O) groups is 1. The van der Waals surface area contributed by atoms with Gasteiger partial charge in [0.05, 0.1) is 0 Å². The van der Waals surface area contributed by atoms with E-state index in [4.69, 9.17) is 4.74 Å². The summed E-state index contributed by atoms with van der Waals surface area (Å²) in [5.74, 6) is -0.229. The Labute approximate surface area is 144 Å². The van der Waals surface area contributed by atoms with Crippen molar-refractivity contribution in [1.29, 1.82) is 0 Å². The number of piperidine rings is 1. The first-order valence-electron chi connectivity index (χ1n) is 9.48. The van der Waals surface area contributed by atoms with Gasteiger partial charge in [0.2, 0.25) is 0 Å². The van der Waals surface area contributed by atoms with Crippen molar-refractivity contribution in [3.8, 4) is 0 Å². The van der Waals surface area contributed by atoms with E-state index in [-0.39, 0.29) is 12.0 Å². The smallest absolute Gasteiger partial charge is 0.331 e. The second kappa shape index (κ2) is 7.52. The van der Waals surface area contributed by atoms with Crippen molar-refractivity contribution in [3.05, 3.63) is 11.6 Å². The van der Waals surface area contributed by atoms with Gasteiger partial charge in [0, 0.05) is 31.2 Å². The molecule has 4 nitrogen and oxygen atoms in total. The second-order valence-corrected chi connectivity index (χ2v) is 8.00. The summed E-state index contributed by atoms with van der Waals surface area (Å²) in [6.45, 7) is 6.41. The van der Waals surface area contributed by atoms with E-state index < -0.39 is 11.8 Å². The number of carbonyl (C=O) groups excluding carboxylic acids is 1. The Hall–Kier alpha value is -0.940. The molecule has 0 aromatic carbocycles. The summed E-state index contributed by atoms with van der Waals surface area (Å²) >= 11 is 0. The largest absolute Gasteiger partial charge is 0.455 e. The Bertz CT molecular complexity index is 490. The molecule has 24 heavy (non-hydrogen) atoms. The minimum absolute atomic E-state index is 0.218. The van der Waals surface area contributed by atoms with E-state index in [1.165, 1.54) is 12.8 Å². The summed E-state index contributed by atoms with van der Waals surface area (Å²) in [6, 6.07) is 0.523. The van der Waals surface area contributed by atoms with Gasteiger partial charge in [0.15, 0.2) is 0 Å². The third-order valence-electron chi connectivity index (χ3n) is 5.96. The van der Waals surface area contributed by atoms with Crippen molar-refractivity contribution in [2.45, 2.75) is 82.6 Å². The molecule has 0 aromatic heterocycles. The van der Waals surface area contributed by atoms with Crippen LogP contribution in [0.25, 0.3) is 0 Å². The molecular weight excluding hydrogens is 307 g/mol. The Kier molecular flexibility index (Phi) is 5.60. The molecule has 3 aliphatic heterocycles. The molecule has 3 aliphatic rings. The van der Waals surface area contributed by atoms with Gasteiger partial charge in [-0.25, -0.2) is 9.18 Å². The maximum Gasteiger partial charge on any atom is 0.331 e. The van der Waals surface area contributed by atoms with E-state index in [0.717, 1.165) is 44.3 Å². The van der Waals surface area contributed by atoms with Crippen molar-refractivity contribution in [2.75, 3.05) is 19.6 Å². The third-order valence-corrected chi connectivity index (χ3v) is 5.96. The van der Waals surface area contributed by atoms with Gasteiger partial charge in [0.1, 0.15) is 11.8 Å². The minimum Gasteiger partial charge on any atom is -0.455 e. The number of hydrogen-bond donors (Lipinski definition) is 1. The first-order valence-corrected chi connectivity index (χ1v) is 9.48. The van der Waals surface area contributed by atoms with E-state index >= 15 is 0 Å². The molecule has 3 rings (SSSR count). The number of nitrogens with one attached hydrogen (secondary N) is 1. The average Bonchev–Trinajstić information content (AvgIpc) is 2.99. The number of alkyl halides is 1. The van der Waals surface area contributed by atoms with Gasteiger partial charge in [-0.15, -0.1) is 0 Å². The lowest BCUT2D eigenvalue weighted by Crippen LogP contribution is -2.53. The molecule has 2 saturated heterocycles. The molecule has 0 aliphatic carbocycles. The molecule has 0 aromatic rings. The van der Waals surface area contributed by atoms with Gasteiger partial charge in [-0.2, -0.15) is 0 Å². The van der Waals surface area contributed by atoms with Crippen LogP contribution in [0.3, 0.4) is 0 Å². The summed E-state index contributed by atoms with van der Waals surface area (Å²) in [4.78, 5) is 14.6. The number of nitrogens with zero attached hydrogens (tertiary/aromatic N) is 1. The van der Waals surface area contributed by atoms with E-state index in [9.17, 15) is 9.18 Å². The molecule has 0 radical (unpaired) electrons. The van der Waals surface area contributed by atoms with Crippen LogP contribution in [0.5, 0.6) is 0 Å². The predicted molar refractivity (Wildman–Crippen MR) is 92.6 cm³/mol. The molecule has 0 amide bonds. The molecule has 1 N–H and O–H groups in total. The predicted octanol–water partition coefficient (Wildman–Crippen LogP) is 2.97. The number of likely N-dealkylation sites (tertiary alicyclic amines) is 1. The maximum atomic E-state index is 13.6. The van der Waals surface area contributed by atoms with Gasteiger partial charge in [-0.3, -0.25) is 4.90 Å². The van der Waals surface area contributed by atoms with Crippen LogP contribution in [0.1, 0.15) is 58.8 Å². The SMILES string of the molecule is C/C1=C\C(=O)OC(C)(C2CCCCN2)CCC(N2CCC(F)C2)C1. The van der Waals surface area contributed by atoms with E-state index in [2.05, 4.69) is 17.1 Å². The van der Waals surface area contributed by atoms with Crippen LogP contribution < -0.4 is 5.32 Å². The van der Waals surface area contributed by atoms with Crippen molar-refractivity contribution < 1.29 is 13.9 Å².